The van der Waals surface area contributed by atoms with Gasteiger partial charge in [0, 0.05) is 18.3 Å². The Morgan fingerprint density at radius 3 is 2.89 bits per heavy atom. The van der Waals surface area contributed by atoms with Crippen molar-refractivity contribution in [1.82, 2.24) is 19.6 Å². The fourth-order valence-corrected chi connectivity index (χ4v) is 2.56. The van der Waals surface area contributed by atoms with Gasteiger partial charge < -0.3 is 10.1 Å². The molecule has 144 valence electrons. The molecule has 0 aromatic carbocycles. The third-order valence-corrected chi connectivity index (χ3v) is 4.21. The summed E-state index contributed by atoms with van der Waals surface area (Å²) in [6.07, 6.45) is 3.44. The van der Waals surface area contributed by atoms with E-state index in [0.717, 1.165) is 0 Å². The highest BCUT2D eigenvalue weighted by Crippen LogP contribution is 2.21. The normalized spacial score (nSPS) is 11.2. The fourth-order valence-electron chi connectivity index (χ4n) is 2.56. The van der Waals surface area contributed by atoms with Crippen LogP contribution in [0.15, 0.2) is 30.6 Å². The van der Waals surface area contributed by atoms with E-state index in [1.165, 1.54) is 0 Å². The van der Waals surface area contributed by atoms with Crippen molar-refractivity contribution in [2.45, 2.75) is 27.7 Å². The van der Waals surface area contributed by atoms with Crippen molar-refractivity contribution in [2.24, 2.45) is 5.41 Å². The molecule has 0 fully saturated rings. The summed E-state index contributed by atoms with van der Waals surface area (Å²) in [5.41, 5.74) is 2.58. The first-order valence-electron chi connectivity index (χ1n) is 8.98. The van der Waals surface area contributed by atoms with Crippen molar-refractivity contribution >= 4 is 17.4 Å². The predicted molar refractivity (Wildman–Crippen MR) is 105 cm³/mol. The van der Waals surface area contributed by atoms with Gasteiger partial charge in [0.25, 0.3) is 0 Å². The zero-order valence-electron chi connectivity index (χ0n) is 16.4. The van der Waals surface area contributed by atoms with E-state index in [0.29, 0.717) is 47.1 Å². The molecule has 3 aromatic heterocycles. The molecule has 0 aliphatic carbocycles. The zero-order chi connectivity index (χ0) is 20.3. The van der Waals surface area contributed by atoms with Crippen molar-refractivity contribution in [3.63, 3.8) is 0 Å². The van der Waals surface area contributed by atoms with Crippen LogP contribution >= 0.6 is 0 Å². The van der Waals surface area contributed by atoms with E-state index in [4.69, 9.17) is 10.00 Å². The predicted octanol–water partition coefficient (Wildman–Crippen LogP) is 3.24. The smallest absolute Gasteiger partial charge is 0.339 e. The Morgan fingerprint density at radius 2 is 2.18 bits per heavy atom. The second-order valence-electron chi connectivity index (χ2n) is 7.07. The van der Waals surface area contributed by atoms with E-state index >= 15 is 0 Å². The topological polar surface area (TPSA) is 105 Å². The van der Waals surface area contributed by atoms with E-state index in [2.05, 4.69) is 26.5 Å². The molecule has 0 aliphatic rings. The number of esters is 1. The molecule has 1 N–H and O–H groups in total. The average molecular weight is 378 g/mol. The molecule has 0 radical (unpaired) electrons. The number of ether oxygens (including phenoxy) is 1. The van der Waals surface area contributed by atoms with Crippen LogP contribution in [0.25, 0.3) is 16.9 Å². The molecule has 0 atom stereocenters. The van der Waals surface area contributed by atoms with Gasteiger partial charge in [0.2, 0.25) is 0 Å². The molecule has 8 nitrogen and oxygen atoms in total. The summed E-state index contributed by atoms with van der Waals surface area (Å²) >= 11 is 0. The highest BCUT2D eigenvalue weighted by atomic mass is 16.5. The highest BCUT2D eigenvalue weighted by Gasteiger charge is 2.17. The summed E-state index contributed by atoms with van der Waals surface area (Å²) in [4.78, 5) is 20.9. The van der Waals surface area contributed by atoms with Crippen LogP contribution in [0.1, 0.15) is 36.8 Å². The quantitative estimate of drug-likeness (QED) is 0.656. The van der Waals surface area contributed by atoms with Gasteiger partial charge in [-0.25, -0.2) is 14.3 Å². The molecular formula is C20H22N6O2. The van der Waals surface area contributed by atoms with Crippen LogP contribution < -0.4 is 5.32 Å². The highest BCUT2D eigenvalue weighted by molar-refractivity contribution is 5.91. The van der Waals surface area contributed by atoms with E-state index in [9.17, 15) is 4.79 Å². The van der Waals surface area contributed by atoms with E-state index in [-0.39, 0.29) is 0 Å². The number of aryl methyl sites for hydroxylation is 1. The van der Waals surface area contributed by atoms with E-state index in [1.807, 2.05) is 26.0 Å². The first kappa shape index (κ1) is 19.3. The Morgan fingerprint density at radius 1 is 1.39 bits per heavy atom. The molecule has 3 heterocycles. The summed E-state index contributed by atoms with van der Waals surface area (Å²) < 4.78 is 6.74. The Hall–Kier alpha value is -3.47. The fraction of sp³-hybridized carbons (Fsp3) is 0.350. The lowest BCUT2D eigenvalue weighted by atomic mass is 9.96. The number of carbonyl (C=O) groups excluding carboxylic acids is 1. The molecule has 3 aromatic rings. The lowest BCUT2D eigenvalue weighted by Crippen LogP contribution is -2.21. The molecule has 0 bridgehead atoms. The Kier molecular flexibility index (Phi) is 5.27. The number of pyridine rings is 1. The van der Waals surface area contributed by atoms with E-state index < -0.39 is 11.4 Å². The van der Waals surface area contributed by atoms with Crippen LogP contribution in [-0.4, -0.2) is 38.7 Å². The maximum absolute atomic E-state index is 12.1. The van der Waals surface area contributed by atoms with Gasteiger partial charge in [-0.15, -0.1) is 0 Å². The van der Waals surface area contributed by atoms with Gasteiger partial charge in [0.15, 0.2) is 5.65 Å². The van der Waals surface area contributed by atoms with Crippen molar-refractivity contribution in [1.29, 1.82) is 5.26 Å². The van der Waals surface area contributed by atoms with Crippen molar-refractivity contribution < 1.29 is 9.53 Å². The number of nitrogens with one attached hydrogen (secondary N) is 1. The van der Waals surface area contributed by atoms with Crippen LogP contribution in [-0.2, 0) is 4.74 Å². The summed E-state index contributed by atoms with van der Waals surface area (Å²) in [5.74, 6) is 0.242. The minimum absolute atomic E-state index is 0.306. The second-order valence-corrected chi connectivity index (χ2v) is 7.07. The summed E-state index contributed by atoms with van der Waals surface area (Å²) in [6.45, 7) is 8.03. The lowest BCUT2D eigenvalue weighted by molar-refractivity contribution is 0.0525. The standard InChI is InChI=1S/C20H22N6O2/c1-5-28-19(27)15-8-14(9-22-13(15)2)16-6-7-18-24-17(10-26(18)25-16)23-12-20(3,4)11-21/h6-10,23H,5,12H2,1-4H3. The molecule has 0 saturated heterocycles. The Bertz CT molecular complexity index is 1060. The number of aromatic nitrogens is 4. The number of nitrogens with zero attached hydrogens (tertiary/aromatic N) is 5. The summed E-state index contributed by atoms with van der Waals surface area (Å²) in [5, 5.41) is 16.8. The molecule has 0 amide bonds. The lowest BCUT2D eigenvalue weighted by Gasteiger charge is -2.14. The summed E-state index contributed by atoms with van der Waals surface area (Å²) in [6, 6.07) is 7.65. The number of fused-ring (bicyclic) bond motifs is 1. The van der Waals surface area contributed by atoms with Crippen LogP contribution in [0, 0.1) is 23.7 Å². The first-order chi connectivity index (χ1) is 13.3. The maximum atomic E-state index is 12.1. The van der Waals surface area contributed by atoms with Gasteiger partial charge in [-0.3, -0.25) is 4.98 Å². The minimum atomic E-state index is -0.495. The number of anilines is 1. The number of carbonyl (C=O) groups is 1. The van der Waals surface area contributed by atoms with Crippen LogP contribution in [0.5, 0.6) is 0 Å². The average Bonchev–Trinajstić information content (AvgIpc) is 3.09. The third-order valence-electron chi connectivity index (χ3n) is 4.21. The number of hydrogen-bond acceptors (Lipinski definition) is 7. The first-order valence-corrected chi connectivity index (χ1v) is 8.98. The monoisotopic (exact) mass is 378 g/mol. The van der Waals surface area contributed by atoms with Crippen molar-refractivity contribution in [3.05, 3.63) is 41.9 Å². The van der Waals surface area contributed by atoms with Gasteiger partial charge in [-0.05, 0) is 45.9 Å². The summed E-state index contributed by atoms with van der Waals surface area (Å²) in [7, 11) is 0. The van der Waals surface area contributed by atoms with Crippen LogP contribution in [0.2, 0.25) is 0 Å². The maximum Gasteiger partial charge on any atom is 0.339 e. The minimum Gasteiger partial charge on any atom is -0.462 e. The number of rotatable bonds is 6. The van der Waals surface area contributed by atoms with E-state index in [1.54, 1.807) is 36.8 Å². The Labute approximate surface area is 163 Å². The largest absolute Gasteiger partial charge is 0.462 e. The molecule has 0 unspecified atom stereocenters. The van der Waals surface area contributed by atoms with Gasteiger partial charge in [0.1, 0.15) is 5.82 Å². The molecule has 0 spiro atoms. The number of nitriles is 1. The van der Waals surface area contributed by atoms with Crippen molar-refractivity contribution in [3.8, 4) is 17.3 Å². The SMILES string of the molecule is CCOC(=O)c1cc(-c2ccc3nc(NCC(C)(C)C#N)cn3n2)cnc1C. The molecule has 3 rings (SSSR count). The molecule has 28 heavy (non-hydrogen) atoms. The molecule has 0 saturated carbocycles. The van der Waals surface area contributed by atoms with Gasteiger partial charge >= 0.3 is 5.97 Å². The molecule has 0 aliphatic heterocycles. The zero-order valence-corrected chi connectivity index (χ0v) is 16.4. The third kappa shape index (κ3) is 4.09. The van der Waals surface area contributed by atoms with Gasteiger partial charge in [-0.2, -0.15) is 10.4 Å². The van der Waals surface area contributed by atoms with Gasteiger partial charge in [-0.1, -0.05) is 0 Å². The number of imidazole rings is 1. The number of hydrogen-bond donors (Lipinski definition) is 1. The molecular weight excluding hydrogens is 356 g/mol. The van der Waals surface area contributed by atoms with Gasteiger partial charge in [0.05, 0.1) is 41.2 Å². The van der Waals surface area contributed by atoms with Crippen LogP contribution in [0.4, 0.5) is 5.82 Å². The second kappa shape index (κ2) is 7.64. The Balaban J connectivity index is 1.89. The molecule has 8 heteroatoms. The van der Waals surface area contributed by atoms with Crippen LogP contribution in [0.3, 0.4) is 0 Å². The van der Waals surface area contributed by atoms with Crippen molar-refractivity contribution in [2.75, 3.05) is 18.5 Å².